The van der Waals surface area contributed by atoms with Crippen molar-refractivity contribution in [2.45, 2.75) is 167 Å². The van der Waals surface area contributed by atoms with Gasteiger partial charge in [0.05, 0.1) is 0 Å². The predicted octanol–water partition coefficient (Wildman–Crippen LogP) is 21.3. The standard InChI is InChI=1S/2C30H36N.C26H28N/c2*1-22-7-3-4-12-29(22)30-18-17-27(21-31(30)2)25-13-15-26(16-14-25)28-19-23-8-5-9-24(20-28)11-6-10-23;1-18-7-3-4-12-24(18)25-14-13-23(17-27(25)2)19-8-5-9-20(15-19)26-21-10-6-11-22(26)16-21/h2*3-4,7,12-18,21,23-24,28H,5-6,8-11,19-20H2,1-2H3;3-5,7-9,12-15,17,21-22,26H,6,10-11,16H2,1-2H3/q3*+1/i28D;;26D. The number of nitrogens with zero attached hydrogens (tertiary/aromatic N) is 3. The Kier molecular flexibility index (Phi) is 18.2. The number of fused-ring (bicyclic) bond motifs is 14. The second kappa shape index (κ2) is 27.9. The van der Waals surface area contributed by atoms with E-state index in [0.717, 1.165) is 42.4 Å². The molecule has 3 heteroatoms. The quantitative estimate of drug-likeness (QED) is 0.128. The van der Waals surface area contributed by atoms with Crippen LogP contribution in [0.5, 0.6) is 0 Å². The fourth-order valence-electron chi connectivity index (χ4n) is 17.3. The van der Waals surface area contributed by atoms with Crippen LogP contribution in [-0.4, -0.2) is 0 Å². The van der Waals surface area contributed by atoms with Gasteiger partial charge in [-0.1, -0.05) is 211 Å². The van der Waals surface area contributed by atoms with E-state index in [1.54, 1.807) is 5.56 Å². The maximum Gasteiger partial charge on any atom is 0.212 e. The Hall–Kier alpha value is -7.23. The fraction of sp³-hybridized carbons (Fsp3) is 0.407. The highest BCUT2D eigenvalue weighted by Crippen LogP contribution is 2.56. The van der Waals surface area contributed by atoms with Crippen LogP contribution in [0.3, 0.4) is 0 Å². The molecule has 2 atom stereocenters. The average molecular weight is 1180 g/mol. The second-order valence-electron chi connectivity index (χ2n) is 28.4. The van der Waals surface area contributed by atoms with Crippen LogP contribution in [-0.2, 0) is 21.1 Å². The van der Waals surface area contributed by atoms with Gasteiger partial charge in [0, 0.05) is 54.3 Å². The van der Waals surface area contributed by atoms with E-state index in [4.69, 9.17) is 0 Å². The van der Waals surface area contributed by atoms with Crippen molar-refractivity contribution in [1.82, 2.24) is 0 Å². The zero-order valence-electron chi connectivity index (χ0n) is 56.6. The van der Waals surface area contributed by atoms with Crippen molar-refractivity contribution in [1.29, 1.82) is 0 Å². The lowest BCUT2D eigenvalue weighted by Gasteiger charge is -2.50. The maximum absolute atomic E-state index is 9.45. The van der Waals surface area contributed by atoms with Crippen molar-refractivity contribution in [3.8, 4) is 67.2 Å². The summed E-state index contributed by atoms with van der Waals surface area (Å²) in [6.07, 6.45) is 33.5. The molecular formula is C86H100N3+3. The molecule has 2 unspecified atom stereocenters. The molecule has 3 aromatic heterocycles. The highest BCUT2D eigenvalue weighted by atomic mass is 14.9. The minimum Gasteiger partial charge on any atom is -0.200 e. The molecule has 0 aliphatic heterocycles. The molecular weight excluding hydrogens is 1070 g/mol. The zero-order chi connectivity index (χ0) is 62.6. The van der Waals surface area contributed by atoms with Gasteiger partial charge in [-0.05, 0) is 205 Å². The Morgan fingerprint density at radius 2 is 0.674 bits per heavy atom. The number of rotatable bonds is 9. The van der Waals surface area contributed by atoms with E-state index in [1.807, 2.05) is 0 Å². The summed E-state index contributed by atoms with van der Waals surface area (Å²) in [6, 6.07) is 66.5. The van der Waals surface area contributed by atoms with Gasteiger partial charge in [-0.3, -0.25) is 0 Å². The van der Waals surface area contributed by atoms with Crippen LogP contribution in [0.15, 0.2) is 201 Å². The van der Waals surface area contributed by atoms with Crippen molar-refractivity contribution in [2.24, 2.45) is 56.7 Å². The lowest BCUT2D eigenvalue weighted by atomic mass is 9.55. The van der Waals surface area contributed by atoms with Crippen molar-refractivity contribution in [3.63, 3.8) is 0 Å². The van der Waals surface area contributed by atoms with E-state index in [2.05, 4.69) is 256 Å². The summed E-state index contributed by atoms with van der Waals surface area (Å²) < 4.78 is 25.3. The van der Waals surface area contributed by atoms with Crippen LogP contribution in [0.1, 0.15) is 182 Å². The van der Waals surface area contributed by atoms with E-state index >= 15 is 0 Å². The molecule has 6 aromatic carbocycles. The van der Waals surface area contributed by atoms with Crippen LogP contribution < -0.4 is 13.7 Å². The minimum atomic E-state index is -0.409. The Labute approximate surface area is 538 Å². The van der Waals surface area contributed by atoms with Crippen LogP contribution in [0.25, 0.3) is 67.2 Å². The number of hydrogen-bond acceptors (Lipinski definition) is 0. The first-order valence-corrected chi connectivity index (χ1v) is 34.8. The molecule has 0 spiro atoms. The summed E-state index contributed by atoms with van der Waals surface area (Å²) >= 11 is 0. The third-order valence-corrected chi connectivity index (χ3v) is 22.3. The predicted molar refractivity (Wildman–Crippen MR) is 371 cm³/mol. The molecule has 456 valence electrons. The normalized spacial score (nSPS) is 25.7. The van der Waals surface area contributed by atoms with Gasteiger partial charge in [-0.2, -0.15) is 0 Å². The van der Waals surface area contributed by atoms with Crippen LogP contribution in [0, 0.1) is 56.3 Å². The molecule has 3 nitrogen and oxygen atoms in total. The van der Waals surface area contributed by atoms with E-state index in [-0.39, 0.29) is 5.89 Å². The summed E-state index contributed by atoms with van der Waals surface area (Å²) in [5.41, 5.74) is 23.0. The summed E-state index contributed by atoms with van der Waals surface area (Å²) in [5, 5.41) is 0. The fourth-order valence-corrected chi connectivity index (χ4v) is 17.3. The monoisotopic (exact) mass is 1180 g/mol. The molecule has 89 heavy (non-hydrogen) atoms. The minimum absolute atomic E-state index is 0.350. The van der Waals surface area contributed by atoms with Gasteiger partial charge in [-0.15, -0.1) is 0 Å². The van der Waals surface area contributed by atoms with Crippen molar-refractivity contribution < 1.29 is 16.4 Å². The number of aromatic nitrogens is 3. The molecule has 17 rings (SSSR count). The first-order valence-electron chi connectivity index (χ1n) is 35.8. The summed E-state index contributed by atoms with van der Waals surface area (Å²) in [6.45, 7) is 6.52. The van der Waals surface area contributed by atoms with E-state index < -0.39 is 5.89 Å². The third kappa shape index (κ3) is 14.1. The highest BCUT2D eigenvalue weighted by Gasteiger charge is 2.44. The maximum atomic E-state index is 9.45. The summed E-state index contributed by atoms with van der Waals surface area (Å²) in [5.74, 6) is 4.51. The van der Waals surface area contributed by atoms with Crippen molar-refractivity contribution >= 4 is 0 Å². The van der Waals surface area contributed by atoms with Gasteiger partial charge in [0.2, 0.25) is 17.1 Å². The van der Waals surface area contributed by atoms with Crippen molar-refractivity contribution in [3.05, 3.63) is 234 Å². The highest BCUT2D eigenvalue weighted by molar-refractivity contribution is 5.69. The molecule has 0 N–H and O–H groups in total. The summed E-state index contributed by atoms with van der Waals surface area (Å²) in [4.78, 5) is 0. The Morgan fingerprint density at radius 1 is 0.315 bits per heavy atom. The Bertz CT molecular complexity index is 3910. The number of aryl methyl sites for hydroxylation is 6. The van der Waals surface area contributed by atoms with Gasteiger partial charge in [0.15, 0.2) is 18.6 Å². The topological polar surface area (TPSA) is 11.6 Å². The molecule has 0 radical (unpaired) electrons. The van der Waals surface area contributed by atoms with Crippen molar-refractivity contribution in [2.75, 3.05) is 0 Å². The Morgan fingerprint density at radius 3 is 1.07 bits per heavy atom. The summed E-state index contributed by atoms with van der Waals surface area (Å²) in [7, 11) is 6.41. The molecule has 9 aromatic rings. The molecule has 8 aliphatic rings. The second-order valence-corrected chi connectivity index (χ2v) is 28.4. The zero-order valence-corrected chi connectivity index (χ0v) is 54.6. The Balaban J connectivity index is 0.000000125. The van der Waals surface area contributed by atoms with Crippen LogP contribution >= 0.6 is 0 Å². The number of benzene rings is 6. The van der Waals surface area contributed by atoms with E-state index in [1.165, 1.54) is 211 Å². The largest absolute Gasteiger partial charge is 0.212 e. The molecule has 8 fully saturated rings. The molecule has 6 bridgehead atoms. The SMILES string of the molecule is Cc1ccccc1-c1ccc(-c2ccc(C3CC4CCCC(CCC4)C3)cc2)c[n+]1C.[2H]C1(c2ccc(-c3ccc(-c4ccccc4C)[n+](C)c3)cc2)CC2CCCC(CCC2)C1.[2H]C1(c2cccc(-c3ccc(-c4ccccc4C)[n+](C)c3)c2)C2CCCC1C2. The van der Waals surface area contributed by atoms with E-state index in [9.17, 15) is 2.74 Å². The first kappa shape index (κ1) is 58.2. The average Bonchev–Trinajstić information content (AvgIpc) is 0.739. The van der Waals surface area contributed by atoms with Crippen LogP contribution in [0.2, 0.25) is 0 Å². The smallest absolute Gasteiger partial charge is 0.200 e. The number of hydrogen-bond donors (Lipinski definition) is 0. The molecule has 8 saturated carbocycles. The van der Waals surface area contributed by atoms with E-state index in [0.29, 0.717) is 11.8 Å². The molecule has 0 saturated heterocycles. The first-order chi connectivity index (χ1) is 44.3. The van der Waals surface area contributed by atoms with Gasteiger partial charge in [-0.25, -0.2) is 13.7 Å². The molecule has 3 heterocycles. The molecule has 0 amide bonds. The van der Waals surface area contributed by atoms with Crippen LogP contribution in [0.4, 0.5) is 0 Å². The van der Waals surface area contributed by atoms with Gasteiger partial charge < -0.3 is 0 Å². The van der Waals surface area contributed by atoms with Gasteiger partial charge in [0.25, 0.3) is 0 Å². The number of pyridine rings is 3. The molecule has 8 aliphatic carbocycles. The van der Waals surface area contributed by atoms with Gasteiger partial charge >= 0.3 is 0 Å². The lowest BCUT2D eigenvalue weighted by molar-refractivity contribution is -0.660. The lowest BCUT2D eigenvalue weighted by Crippen LogP contribution is -2.38. The van der Waals surface area contributed by atoms with Gasteiger partial charge in [0.1, 0.15) is 21.1 Å². The third-order valence-electron chi connectivity index (χ3n) is 22.3.